The van der Waals surface area contributed by atoms with Crippen LogP contribution in [0.4, 0.5) is 34.1 Å². The van der Waals surface area contributed by atoms with Gasteiger partial charge in [0.1, 0.15) is 0 Å². The van der Waals surface area contributed by atoms with Crippen LogP contribution in [0.1, 0.15) is 95.9 Å². The minimum Gasteiger partial charge on any atom is -0.310 e. The highest BCUT2D eigenvalue weighted by Gasteiger charge is 2.62. The molecule has 0 N–H and O–H groups in total. The molecule has 5 aliphatic carbocycles. The van der Waals surface area contributed by atoms with E-state index in [-0.39, 0.29) is 16.2 Å². The van der Waals surface area contributed by atoms with Crippen molar-refractivity contribution in [3.05, 3.63) is 180 Å². The molecule has 72 heavy (non-hydrogen) atoms. The molecule has 4 heteroatoms. The SMILES string of the molecule is CC(C)(C)c1ccc(N(c2ccc([Si](C)(C)C)cc2)c2ccc3cc4c(cc3c2)C2(c3c-4ccc4ccc(N(c5ccc(C(C)(C)C)cc5)c5ccc([Si](C)(C)C)cc5)cc34)C3CC4CC(C3)CC2C4)cc1. The molecule has 0 saturated heterocycles. The van der Waals surface area contributed by atoms with Gasteiger partial charge in [-0.15, -0.1) is 0 Å². The molecule has 5 aliphatic rings. The average molecular weight is 978 g/mol. The minimum atomic E-state index is -1.49. The standard InChI is InChI=1S/C68H76N2Si2/c1-66(2,3)49-16-22-53(23-17-49)69(55-26-30-59(31-27-55)71(7,8)9)57-21-14-47-41-63-61-34-15-46-13-20-58(70(54-24-18-50(19-25-54)67(4,5)6)56-28-32-60(33-29-56)72(10,11)12)43-62(46)65(61)68(64(63)42-48(47)40-57)51-36-44-35-45(38-51)39-52(68)37-44/h13-34,40-45,51-52H,35-39H2,1-12H3. The third kappa shape index (κ3) is 7.84. The maximum atomic E-state index is 2.70. The molecule has 0 atom stereocenters. The molecule has 0 aliphatic heterocycles. The maximum Gasteiger partial charge on any atom is 0.0775 e. The van der Waals surface area contributed by atoms with E-state index >= 15 is 0 Å². The number of nitrogens with zero attached hydrogens (tertiary/aromatic N) is 2. The van der Waals surface area contributed by atoms with E-state index in [0.717, 1.165) is 11.8 Å². The number of anilines is 6. The summed E-state index contributed by atoms with van der Waals surface area (Å²) in [4.78, 5) is 5.03. The van der Waals surface area contributed by atoms with Crippen LogP contribution in [-0.4, -0.2) is 16.1 Å². The summed E-state index contributed by atoms with van der Waals surface area (Å²) in [6, 6.07) is 62.8. The number of rotatable bonds is 8. The van der Waals surface area contributed by atoms with Crippen LogP contribution >= 0.6 is 0 Å². The monoisotopic (exact) mass is 977 g/mol. The molecule has 4 fully saturated rings. The highest BCUT2D eigenvalue weighted by atomic mass is 28.3. The van der Waals surface area contributed by atoms with Crippen molar-refractivity contribution in [1.29, 1.82) is 0 Å². The molecular formula is C68H76N2Si2. The lowest BCUT2D eigenvalue weighted by molar-refractivity contribution is -0.0393. The van der Waals surface area contributed by atoms with Gasteiger partial charge in [0.05, 0.1) is 16.1 Å². The van der Waals surface area contributed by atoms with E-state index in [1.807, 2.05) is 0 Å². The zero-order valence-corrected chi connectivity index (χ0v) is 47.3. The average Bonchev–Trinajstić information content (AvgIpc) is 3.62. The van der Waals surface area contributed by atoms with Gasteiger partial charge in [-0.3, -0.25) is 0 Å². The Morgan fingerprint density at radius 2 is 0.792 bits per heavy atom. The predicted octanol–water partition coefficient (Wildman–Crippen LogP) is 18.3. The first-order valence-corrected chi connectivity index (χ1v) is 34.3. The molecule has 0 aromatic heterocycles. The summed E-state index contributed by atoms with van der Waals surface area (Å²) >= 11 is 0. The molecule has 4 bridgehead atoms. The molecular weight excluding hydrogens is 901 g/mol. The van der Waals surface area contributed by atoms with Crippen molar-refractivity contribution in [3.63, 3.8) is 0 Å². The second kappa shape index (κ2) is 16.7. The van der Waals surface area contributed by atoms with Gasteiger partial charge in [0.25, 0.3) is 0 Å². The lowest BCUT2D eigenvalue weighted by Crippen LogP contribution is -2.55. The predicted molar refractivity (Wildman–Crippen MR) is 317 cm³/mol. The number of benzene rings is 8. The normalized spacial score (nSPS) is 21.4. The van der Waals surface area contributed by atoms with E-state index in [9.17, 15) is 0 Å². The van der Waals surface area contributed by atoms with E-state index < -0.39 is 16.1 Å². The number of hydrogen-bond acceptors (Lipinski definition) is 2. The lowest BCUT2D eigenvalue weighted by Gasteiger charge is -2.61. The summed E-state index contributed by atoms with van der Waals surface area (Å²) in [5, 5.41) is 8.45. The van der Waals surface area contributed by atoms with Gasteiger partial charge < -0.3 is 9.80 Å². The maximum absolute atomic E-state index is 2.70. The number of hydrogen-bond donors (Lipinski definition) is 0. The quantitative estimate of drug-likeness (QED) is 0.140. The van der Waals surface area contributed by atoms with Crippen LogP contribution < -0.4 is 20.2 Å². The first-order valence-electron chi connectivity index (χ1n) is 27.3. The third-order valence-corrected chi connectivity index (χ3v) is 22.2. The highest BCUT2D eigenvalue weighted by molar-refractivity contribution is 6.89. The zero-order chi connectivity index (χ0) is 50.3. The molecule has 0 unspecified atom stereocenters. The topological polar surface area (TPSA) is 6.48 Å². The summed E-state index contributed by atoms with van der Waals surface area (Å²) in [6.07, 6.45) is 6.83. The van der Waals surface area contributed by atoms with E-state index in [0.29, 0.717) is 11.8 Å². The Balaban J connectivity index is 1.04. The van der Waals surface area contributed by atoms with Gasteiger partial charge in [0.15, 0.2) is 0 Å². The molecule has 13 rings (SSSR count). The smallest absolute Gasteiger partial charge is 0.0775 e. The molecule has 0 heterocycles. The van der Waals surface area contributed by atoms with Crippen molar-refractivity contribution >= 4 is 82.2 Å². The van der Waals surface area contributed by atoms with Gasteiger partial charge in [-0.1, -0.05) is 164 Å². The second-order valence-electron chi connectivity index (χ2n) is 26.9. The molecule has 8 aromatic carbocycles. The lowest BCUT2D eigenvalue weighted by atomic mass is 9.43. The van der Waals surface area contributed by atoms with Crippen LogP contribution in [0.3, 0.4) is 0 Å². The van der Waals surface area contributed by atoms with Gasteiger partial charge in [0.2, 0.25) is 0 Å². The van der Waals surface area contributed by atoms with Crippen LogP contribution in [0.25, 0.3) is 32.7 Å². The first kappa shape index (κ1) is 47.3. The Labute approximate surface area is 433 Å². The van der Waals surface area contributed by atoms with Crippen LogP contribution in [0, 0.1) is 23.7 Å². The van der Waals surface area contributed by atoms with E-state index in [1.165, 1.54) is 120 Å². The Bertz CT molecular complexity index is 3230. The van der Waals surface area contributed by atoms with Gasteiger partial charge in [0, 0.05) is 39.5 Å². The fraction of sp³-hybridized carbons (Fsp3) is 0.353. The van der Waals surface area contributed by atoms with Crippen molar-refractivity contribution in [3.8, 4) is 11.1 Å². The van der Waals surface area contributed by atoms with E-state index in [4.69, 9.17) is 0 Å². The Kier molecular flexibility index (Phi) is 11.0. The second-order valence-corrected chi connectivity index (χ2v) is 37.0. The summed E-state index contributed by atoms with van der Waals surface area (Å²) in [5.74, 6) is 3.00. The first-order chi connectivity index (χ1) is 34.1. The van der Waals surface area contributed by atoms with E-state index in [2.05, 4.69) is 248 Å². The summed E-state index contributed by atoms with van der Waals surface area (Å²) in [5.41, 5.74) is 16.3. The largest absolute Gasteiger partial charge is 0.310 e. The Hall–Kier alpha value is -5.69. The van der Waals surface area contributed by atoms with Gasteiger partial charge in [-0.2, -0.15) is 0 Å². The molecule has 0 radical (unpaired) electrons. The van der Waals surface area contributed by atoms with Crippen molar-refractivity contribution < 1.29 is 0 Å². The summed E-state index contributed by atoms with van der Waals surface area (Å²) in [7, 11) is -2.96. The van der Waals surface area contributed by atoms with Gasteiger partial charge in [-0.25, -0.2) is 0 Å². The van der Waals surface area contributed by atoms with Crippen molar-refractivity contribution in [2.75, 3.05) is 9.80 Å². The van der Waals surface area contributed by atoms with Crippen LogP contribution in [0.15, 0.2) is 158 Å². The molecule has 0 amide bonds. The van der Waals surface area contributed by atoms with Gasteiger partial charge in [-0.05, 0) is 206 Å². The van der Waals surface area contributed by atoms with E-state index in [1.54, 1.807) is 11.1 Å². The number of fused-ring (bicyclic) bond motifs is 6. The molecule has 4 saturated carbocycles. The van der Waals surface area contributed by atoms with Crippen molar-refractivity contribution in [1.82, 2.24) is 0 Å². The fourth-order valence-corrected chi connectivity index (χ4v) is 16.7. The third-order valence-electron chi connectivity index (χ3n) is 18.0. The van der Waals surface area contributed by atoms with Gasteiger partial charge >= 0.3 is 0 Å². The Morgan fingerprint density at radius 1 is 0.389 bits per heavy atom. The summed E-state index contributed by atoms with van der Waals surface area (Å²) < 4.78 is 0. The van der Waals surface area contributed by atoms with Crippen molar-refractivity contribution in [2.24, 2.45) is 23.7 Å². The molecule has 2 nitrogen and oxygen atoms in total. The van der Waals surface area contributed by atoms with Crippen LogP contribution in [0.2, 0.25) is 39.3 Å². The molecule has 1 spiro atoms. The van der Waals surface area contributed by atoms with Crippen molar-refractivity contribution in [2.45, 2.75) is 129 Å². The van der Waals surface area contributed by atoms with Crippen LogP contribution in [-0.2, 0) is 16.2 Å². The molecule has 8 aromatic rings. The van der Waals surface area contributed by atoms with Crippen LogP contribution in [0.5, 0.6) is 0 Å². The molecule has 366 valence electrons. The zero-order valence-electron chi connectivity index (χ0n) is 45.3. The summed E-state index contributed by atoms with van der Waals surface area (Å²) in [6.45, 7) is 28.5. The Morgan fingerprint density at radius 3 is 1.24 bits per heavy atom. The minimum absolute atomic E-state index is 0.0201. The highest BCUT2D eigenvalue weighted by Crippen LogP contribution is 2.70. The fourth-order valence-electron chi connectivity index (χ4n) is 14.4.